The Hall–Kier alpha value is -3.38. The highest BCUT2D eigenvalue weighted by atomic mass is 16.6. The number of anilines is 1. The zero-order chi connectivity index (χ0) is 21.4. The molecule has 12 nitrogen and oxygen atoms in total. The molecule has 0 saturated carbocycles. The fraction of sp³-hybridized carbons (Fsp3) is 0.444. The van der Waals surface area contributed by atoms with Gasteiger partial charge in [0.05, 0.1) is 12.7 Å². The Bertz CT molecular complexity index is 1200. The van der Waals surface area contributed by atoms with Crippen LogP contribution in [0.15, 0.2) is 31.1 Å². The second kappa shape index (κ2) is 7.80. The molecule has 1 fully saturated rings. The summed E-state index contributed by atoms with van der Waals surface area (Å²) < 4.78 is 24.0. The highest BCUT2D eigenvalue weighted by Gasteiger charge is 2.31. The van der Waals surface area contributed by atoms with E-state index < -0.39 is 17.7 Å². The lowest BCUT2D eigenvalue weighted by atomic mass is 10.2. The first-order valence-electron chi connectivity index (χ1n) is 9.30. The Balaban J connectivity index is 1.82. The number of aromatic nitrogens is 4. The van der Waals surface area contributed by atoms with Crippen molar-refractivity contribution in [1.82, 2.24) is 19.1 Å². The molecule has 0 spiro atoms. The molecule has 3 aromatic heterocycles. The molecule has 2 atom stereocenters. The largest absolute Gasteiger partial charge is 0.519 e. The molecule has 3 aromatic rings. The number of fused-ring (bicyclic) bond motifs is 1. The van der Waals surface area contributed by atoms with E-state index in [4.69, 9.17) is 24.0 Å². The highest BCUT2D eigenvalue weighted by molar-refractivity contribution is 5.78. The van der Waals surface area contributed by atoms with Gasteiger partial charge in [0.2, 0.25) is 11.8 Å². The number of nitrogens with zero attached hydrogens (tertiary/aromatic N) is 4. The molecule has 160 valence electrons. The van der Waals surface area contributed by atoms with Crippen LogP contribution >= 0.6 is 0 Å². The van der Waals surface area contributed by atoms with Gasteiger partial charge in [0.1, 0.15) is 6.23 Å². The van der Waals surface area contributed by atoms with Gasteiger partial charge in [0.15, 0.2) is 29.3 Å². The standard InChI is InChI=1S/C18H21N5O7/c1-3-6-22-13-14(23(17(22)25)12-5-4-10(7-24)29-12)20-16(19)21-15(13)27-8-11-9(2)28-18(26)30-11/h3,10,12,24H,1,4-8H2,2H3,(H2,19,20,21). The van der Waals surface area contributed by atoms with E-state index in [1.807, 2.05) is 0 Å². The zero-order valence-electron chi connectivity index (χ0n) is 16.2. The lowest BCUT2D eigenvalue weighted by Crippen LogP contribution is -2.28. The number of rotatable bonds is 7. The summed E-state index contributed by atoms with van der Waals surface area (Å²) in [7, 11) is 0. The number of imidazole rings is 1. The maximum Gasteiger partial charge on any atom is 0.519 e. The summed E-state index contributed by atoms with van der Waals surface area (Å²) in [5.41, 5.74) is 6.00. The quantitative estimate of drug-likeness (QED) is 0.515. The third-order valence-corrected chi connectivity index (χ3v) is 4.85. The molecule has 0 bridgehead atoms. The fourth-order valence-corrected chi connectivity index (χ4v) is 3.47. The predicted molar refractivity (Wildman–Crippen MR) is 103 cm³/mol. The number of hydrogen-bond donors (Lipinski definition) is 2. The molecular weight excluding hydrogens is 398 g/mol. The molecule has 1 aliphatic rings. The number of aliphatic hydroxyl groups excluding tert-OH is 1. The van der Waals surface area contributed by atoms with E-state index in [9.17, 15) is 14.7 Å². The minimum absolute atomic E-state index is 0.0372. The molecule has 0 radical (unpaired) electrons. The number of nitrogens with two attached hydrogens (primary N) is 1. The number of aryl methyl sites for hydroxylation is 1. The van der Waals surface area contributed by atoms with E-state index in [1.165, 1.54) is 9.13 Å². The monoisotopic (exact) mass is 419 g/mol. The van der Waals surface area contributed by atoms with Crippen LogP contribution in [0.5, 0.6) is 5.88 Å². The zero-order valence-corrected chi connectivity index (χ0v) is 16.2. The second-order valence-electron chi connectivity index (χ2n) is 6.81. The van der Waals surface area contributed by atoms with Gasteiger partial charge in [-0.3, -0.25) is 4.57 Å². The summed E-state index contributed by atoms with van der Waals surface area (Å²) in [6.07, 6.45) is 1.71. The van der Waals surface area contributed by atoms with Crippen LogP contribution in [0.4, 0.5) is 5.95 Å². The minimum atomic E-state index is -0.843. The van der Waals surface area contributed by atoms with Gasteiger partial charge >= 0.3 is 11.5 Å². The van der Waals surface area contributed by atoms with Crippen molar-refractivity contribution >= 4 is 17.1 Å². The third kappa shape index (κ3) is 3.39. The number of aliphatic hydroxyl groups is 1. The summed E-state index contributed by atoms with van der Waals surface area (Å²) in [5, 5.41) is 9.36. The average molecular weight is 419 g/mol. The van der Waals surface area contributed by atoms with Crippen molar-refractivity contribution in [3.05, 3.63) is 45.3 Å². The molecule has 4 heterocycles. The first-order chi connectivity index (χ1) is 14.4. The van der Waals surface area contributed by atoms with Crippen molar-refractivity contribution in [2.45, 2.75) is 45.2 Å². The molecule has 0 aliphatic carbocycles. The van der Waals surface area contributed by atoms with Gasteiger partial charge in [0, 0.05) is 6.54 Å². The number of nitrogen functional groups attached to an aromatic ring is 1. The van der Waals surface area contributed by atoms with E-state index >= 15 is 0 Å². The van der Waals surface area contributed by atoms with Crippen LogP contribution in [0.3, 0.4) is 0 Å². The molecular formula is C18H21N5O7. The molecule has 3 N–H and O–H groups in total. The second-order valence-corrected chi connectivity index (χ2v) is 6.81. The number of hydrogen-bond acceptors (Lipinski definition) is 10. The topological polar surface area (TPSA) is 161 Å². The van der Waals surface area contributed by atoms with E-state index in [0.717, 1.165) is 0 Å². The summed E-state index contributed by atoms with van der Waals surface area (Å²) in [4.78, 5) is 32.7. The first kappa shape index (κ1) is 19.9. The lowest BCUT2D eigenvalue weighted by Gasteiger charge is -2.13. The Morgan fingerprint density at radius 3 is 2.77 bits per heavy atom. The highest BCUT2D eigenvalue weighted by Crippen LogP contribution is 2.32. The molecule has 30 heavy (non-hydrogen) atoms. The average Bonchev–Trinajstić information content (AvgIpc) is 3.37. The summed E-state index contributed by atoms with van der Waals surface area (Å²) in [6, 6.07) is 0. The Kier molecular flexibility index (Phi) is 5.18. The van der Waals surface area contributed by atoms with Crippen LogP contribution in [0.25, 0.3) is 11.2 Å². The van der Waals surface area contributed by atoms with Crippen LogP contribution in [0.1, 0.15) is 30.6 Å². The minimum Gasteiger partial charge on any atom is -0.468 e. The SMILES string of the molecule is C=CCn1c(=O)n(C2CCC(CO)O2)c2nc(N)nc(OCc3oc(=O)oc3C)c21. The lowest BCUT2D eigenvalue weighted by molar-refractivity contribution is -0.0223. The van der Waals surface area contributed by atoms with Crippen LogP contribution in [0, 0.1) is 6.92 Å². The van der Waals surface area contributed by atoms with Crippen LogP contribution in [-0.2, 0) is 17.9 Å². The van der Waals surface area contributed by atoms with Crippen molar-refractivity contribution in [3.8, 4) is 5.88 Å². The molecule has 2 unspecified atom stereocenters. The number of ether oxygens (including phenoxy) is 2. The Morgan fingerprint density at radius 2 is 2.13 bits per heavy atom. The van der Waals surface area contributed by atoms with Crippen molar-refractivity contribution in [3.63, 3.8) is 0 Å². The van der Waals surface area contributed by atoms with Gasteiger partial charge in [-0.1, -0.05) is 6.08 Å². The summed E-state index contributed by atoms with van der Waals surface area (Å²) in [5.74, 6) is -0.453. The Morgan fingerprint density at radius 1 is 1.33 bits per heavy atom. The van der Waals surface area contributed by atoms with Gasteiger partial charge in [-0.05, 0) is 19.8 Å². The van der Waals surface area contributed by atoms with Gasteiger partial charge in [-0.2, -0.15) is 9.97 Å². The van der Waals surface area contributed by atoms with Crippen LogP contribution in [0.2, 0.25) is 0 Å². The predicted octanol–water partition coefficient (Wildman–Crippen LogP) is 0.465. The number of allylic oxidation sites excluding steroid dienone is 1. The molecule has 4 rings (SSSR count). The van der Waals surface area contributed by atoms with Gasteiger partial charge in [0.25, 0.3) is 0 Å². The normalized spacial score (nSPS) is 18.9. The van der Waals surface area contributed by atoms with Gasteiger partial charge in [-0.15, -0.1) is 6.58 Å². The molecule has 1 saturated heterocycles. The maximum atomic E-state index is 13.2. The van der Waals surface area contributed by atoms with Crippen molar-refractivity contribution in [1.29, 1.82) is 0 Å². The smallest absolute Gasteiger partial charge is 0.468 e. The van der Waals surface area contributed by atoms with Crippen LogP contribution < -0.4 is 22.0 Å². The van der Waals surface area contributed by atoms with E-state index in [2.05, 4.69) is 16.5 Å². The van der Waals surface area contributed by atoms with Gasteiger partial charge in [-0.25, -0.2) is 14.2 Å². The van der Waals surface area contributed by atoms with Gasteiger partial charge < -0.3 is 29.1 Å². The summed E-state index contributed by atoms with van der Waals surface area (Å²) in [6.45, 7) is 5.11. The van der Waals surface area contributed by atoms with Crippen molar-refractivity contribution in [2.75, 3.05) is 12.3 Å². The first-order valence-corrected chi connectivity index (χ1v) is 9.30. The van der Waals surface area contributed by atoms with E-state index in [-0.39, 0.29) is 54.9 Å². The van der Waals surface area contributed by atoms with Crippen molar-refractivity contribution in [2.24, 2.45) is 0 Å². The summed E-state index contributed by atoms with van der Waals surface area (Å²) >= 11 is 0. The molecule has 0 amide bonds. The molecule has 12 heteroatoms. The van der Waals surface area contributed by atoms with Crippen LogP contribution in [-0.4, -0.2) is 36.9 Å². The molecule has 1 aliphatic heterocycles. The fourth-order valence-electron chi connectivity index (χ4n) is 3.47. The van der Waals surface area contributed by atoms with E-state index in [1.54, 1.807) is 13.0 Å². The van der Waals surface area contributed by atoms with Crippen molar-refractivity contribution < 1.29 is 23.4 Å². The molecule has 0 aromatic carbocycles. The third-order valence-electron chi connectivity index (χ3n) is 4.85. The maximum absolute atomic E-state index is 13.2. The van der Waals surface area contributed by atoms with E-state index in [0.29, 0.717) is 18.4 Å². The Labute approximate surface area is 169 Å².